The van der Waals surface area contributed by atoms with Crippen LogP contribution in [0.3, 0.4) is 0 Å². The summed E-state index contributed by atoms with van der Waals surface area (Å²) < 4.78 is 0. The van der Waals surface area contributed by atoms with Gasteiger partial charge in [0, 0.05) is 45.4 Å². The molecule has 0 fully saturated rings. The minimum Gasteiger partial charge on any atom is -0.355 e. The number of nitrogens with zero attached hydrogens (tertiary/aromatic N) is 1. The molecule has 6 aromatic rings. The number of anilines is 3. The number of para-hydroxylation sites is 1. The van der Waals surface area contributed by atoms with Crippen LogP contribution < -0.4 is 15.7 Å². The van der Waals surface area contributed by atoms with Gasteiger partial charge < -0.3 is 10.2 Å². The second kappa shape index (κ2) is 12.7. The van der Waals surface area contributed by atoms with Crippen molar-refractivity contribution in [3.63, 3.8) is 0 Å². The maximum Gasteiger partial charge on any atom is 0.166 e. The van der Waals surface area contributed by atoms with Crippen molar-refractivity contribution in [2.45, 2.75) is 56.3 Å². The summed E-state index contributed by atoms with van der Waals surface area (Å²) in [5.74, 6) is 0.555. The van der Waals surface area contributed by atoms with E-state index in [2.05, 4.69) is 221 Å². The summed E-state index contributed by atoms with van der Waals surface area (Å²) in [6, 6.07) is 51.9. The Morgan fingerprint density at radius 2 is 1.32 bits per heavy atom. The fourth-order valence-corrected chi connectivity index (χ4v) is 11.0. The van der Waals surface area contributed by atoms with Crippen LogP contribution in [0.2, 0.25) is 5.82 Å². The highest BCUT2D eigenvalue weighted by Crippen LogP contribution is 2.57. The quantitative estimate of drug-likeness (QED) is 0.178. The zero-order valence-corrected chi connectivity index (χ0v) is 33.1. The number of rotatable bonds is 5. The maximum absolute atomic E-state index is 4.15. The molecule has 5 aliphatic rings. The Morgan fingerprint density at radius 3 is 2.14 bits per heavy atom. The predicted octanol–water partition coefficient (Wildman–Crippen LogP) is 12.5. The van der Waals surface area contributed by atoms with Crippen LogP contribution in [0, 0.1) is 5.92 Å². The molecule has 0 saturated heterocycles. The number of allylic oxidation sites excluding steroid dienone is 6. The van der Waals surface area contributed by atoms with Gasteiger partial charge in [-0.05, 0) is 79.7 Å². The van der Waals surface area contributed by atoms with Crippen LogP contribution in [0.1, 0.15) is 61.4 Å². The highest BCUT2D eigenvalue weighted by molar-refractivity contribution is 6.59. The lowest BCUT2D eigenvalue weighted by Crippen LogP contribution is -2.57. The molecule has 4 unspecified atom stereocenters. The van der Waals surface area contributed by atoms with Gasteiger partial charge in [0.2, 0.25) is 0 Å². The van der Waals surface area contributed by atoms with E-state index >= 15 is 0 Å². The number of fused-ring (bicyclic) bond motifs is 7. The molecule has 0 amide bonds. The first-order chi connectivity index (χ1) is 27.8. The molecular weight excluding hydrogens is 687 g/mol. The van der Waals surface area contributed by atoms with Crippen LogP contribution in [-0.2, 0) is 10.8 Å². The van der Waals surface area contributed by atoms with Crippen LogP contribution in [0.4, 0.5) is 17.1 Å². The predicted molar refractivity (Wildman–Crippen MR) is 241 cm³/mol. The van der Waals surface area contributed by atoms with E-state index in [1.165, 1.54) is 78.2 Å². The van der Waals surface area contributed by atoms with Crippen LogP contribution in [0.25, 0.3) is 27.8 Å². The standard InChI is InChI=1S/C54H46BN2/c1-53(2)43-24-13-14-28-48(43)57-49-33-37(35-19-9-6-10-20-35)31-41(51(49)55-45-26-16-25-44(53)52(45)57)39-30-29-36(34-17-7-5-8-18-34)32-47(39)56-46-27-15-22-40-38-21-11-12-23-42(38)54(3,4)50(40)46/h5-33,41,43,48,51,56H,1-4H3. The minimum absolute atomic E-state index is 0.00505. The molecule has 2 heterocycles. The average molecular weight is 734 g/mol. The van der Waals surface area contributed by atoms with Gasteiger partial charge in [0.05, 0.1) is 6.04 Å². The van der Waals surface area contributed by atoms with Crippen molar-refractivity contribution in [1.82, 2.24) is 0 Å². The third-order valence-electron chi connectivity index (χ3n) is 13.7. The van der Waals surface area contributed by atoms with E-state index in [0.717, 1.165) is 5.69 Å². The number of hydrogen-bond acceptors (Lipinski definition) is 2. The summed E-state index contributed by atoms with van der Waals surface area (Å²) in [6.45, 7) is 9.63. The minimum atomic E-state index is -0.146. The van der Waals surface area contributed by atoms with Crippen molar-refractivity contribution in [3.05, 3.63) is 209 Å². The van der Waals surface area contributed by atoms with E-state index in [0.29, 0.717) is 5.92 Å². The summed E-state index contributed by atoms with van der Waals surface area (Å²) in [5.41, 5.74) is 19.3. The van der Waals surface area contributed by atoms with Crippen LogP contribution in [0.5, 0.6) is 0 Å². The van der Waals surface area contributed by atoms with Gasteiger partial charge in [0.25, 0.3) is 0 Å². The first-order valence-corrected chi connectivity index (χ1v) is 20.6. The molecule has 3 aliphatic carbocycles. The van der Waals surface area contributed by atoms with Crippen molar-refractivity contribution < 1.29 is 0 Å². The van der Waals surface area contributed by atoms with Gasteiger partial charge in [-0.1, -0.05) is 191 Å². The van der Waals surface area contributed by atoms with Crippen molar-refractivity contribution in [2.75, 3.05) is 10.2 Å². The largest absolute Gasteiger partial charge is 0.355 e. The van der Waals surface area contributed by atoms with Crippen molar-refractivity contribution in [2.24, 2.45) is 5.92 Å². The van der Waals surface area contributed by atoms with Crippen molar-refractivity contribution >= 4 is 35.4 Å². The van der Waals surface area contributed by atoms with E-state index in [9.17, 15) is 0 Å². The van der Waals surface area contributed by atoms with E-state index in [1.807, 2.05) is 0 Å². The second-order valence-electron chi connectivity index (χ2n) is 17.6. The topological polar surface area (TPSA) is 15.3 Å². The van der Waals surface area contributed by atoms with E-state index in [1.54, 1.807) is 0 Å². The van der Waals surface area contributed by atoms with Crippen LogP contribution in [0.15, 0.2) is 182 Å². The van der Waals surface area contributed by atoms with Gasteiger partial charge in [-0.3, -0.25) is 0 Å². The number of hydrogen-bond donors (Lipinski definition) is 1. The van der Waals surface area contributed by atoms with Gasteiger partial charge in [0.15, 0.2) is 7.28 Å². The smallest absolute Gasteiger partial charge is 0.166 e. The Bertz CT molecular complexity index is 2710. The third kappa shape index (κ3) is 5.18. The molecule has 1 N–H and O–H groups in total. The number of benzene rings is 6. The Hall–Kier alpha value is -6.06. The summed E-state index contributed by atoms with van der Waals surface area (Å²) in [5, 5.41) is 4.15. The highest BCUT2D eigenvalue weighted by Gasteiger charge is 2.50. The lowest BCUT2D eigenvalue weighted by Gasteiger charge is -2.56. The summed E-state index contributed by atoms with van der Waals surface area (Å²) in [6.07, 6.45) is 14.5. The Morgan fingerprint density at radius 1 is 0.614 bits per heavy atom. The molecule has 0 saturated carbocycles. The molecule has 11 rings (SSSR count). The molecule has 57 heavy (non-hydrogen) atoms. The molecule has 0 bridgehead atoms. The van der Waals surface area contributed by atoms with E-state index in [-0.39, 0.29) is 28.6 Å². The van der Waals surface area contributed by atoms with Gasteiger partial charge in [-0.25, -0.2) is 0 Å². The summed E-state index contributed by atoms with van der Waals surface area (Å²) in [4.78, 5) is 2.73. The Labute approximate surface area is 338 Å². The zero-order valence-electron chi connectivity index (χ0n) is 33.1. The first kappa shape index (κ1) is 34.2. The Balaban J connectivity index is 1.12. The second-order valence-corrected chi connectivity index (χ2v) is 17.6. The molecule has 0 aromatic heterocycles. The first-order valence-electron chi connectivity index (χ1n) is 20.6. The fraction of sp³-hybridized carbons (Fsp3) is 0.185. The summed E-state index contributed by atoms with van der Waals surface area (Å²) in [7, 11) is 2.58. The SMILES string of the molecule is CC1(C)c2ccccc2-c2cccc(Nc3cc(-c4ccccc4)ccc3C3C=C(c4ccccc4)C=C4C3[B]c3cccc5c3N4C3C=CC=CC3C5(C)C)c21. The molecule has 1 radical (unpaired) electrons. The van der Waals surface area contributed by atoms with E-state index in [4.69, 9.17) is 0 Å². The van der Waals surface area contributed by atoms with Crippen molar-refractivity contribution in [1.29, 1.82) is 0 Å². The van der Waals surface area contributed by atoms with Gasteiger partial charge in [-0.2, -0.15) is 0 Å². The lowest BCUT2D eigenvalue weighted by molar-refractivity contribution is 0.326. The zero-order chi connectivity index (χ0) is 38.5. The molecular formula is C54H46BN2. The highest BCUT2D eigenvalue weighted by atomic mass is 15.2. The van der Waals surface area contributed by atoms with Gasteiger partial charge in [0.1, 0.15) is 0 Å². The monoisotopic (exact) mass is 733 g/mol. The molecule has 2 aliphatic heterocycles. The average Bonchev–Trinajstić information content (AvgIpc) is 3.49. The Kier molecular flexibility index (Phi) is 7.64. The molecule has 0 spiro atoms. The van der Waals surface area contributed by atoms with Crippen LogP contribution in [-0.4, -0.2) is 13.3 Å². The van der Waals surface area contributed by atoms with Crippen molar-refractivity contribution in [3.8, 4) is 22.3 Å². The molecule has 4 atom stereocenters. The van der Waals surface area contributed by atoms with Gasteiger partial charge in [-0.15, -0.1) is 0 Å². The van der Waals surface area contributed by atoms with Crippen LogP contribution >= 0.6 is 0 Å². The molecule has 2 nitrogen and oxygen atoms in total. The number of nitrogens with one attached hydrogen (secondary N) is 1. The van der Waals surface area contributed by atoms with Gasteiger partial charge >= 0.3 is 0 Å². The fourth-order valence-electron chi connectivity index (χ4n) is 11.0. The normalized spacial score (nSPS) is 22.5. The van der Waals surface area contributed by atoms with E-state index < -0.39 is 0 Å². The maximum atomic E-state index is 4.15. The third-order valence-corrected chi connectivity index (χ3v) is 13.7. The summed E-state index contributed by atoms with van der Waals surface area (Å²) >= 11 is 0. The molecule has 275 valence electrons. The molecule has 3 heteroatoms. The molecule has 6 aromatic carbocycles. The lowest BCUT2D eigenvalue weighted by atomic mass is 9.47.